The van der Waals surface area contributed by atoms with E-state index in [4.69, 9.17) is 4.74 Å². The van der Waals surface area contributed by atoms with Gasteiger partial charge in [0.05, 0.1) is 23.5 Å². The van der Waals surface area contributed by atoms with E-state index in [1.165, 1.54) is 4.90 Å². The number of rotatable bonds is 4. The summed E-state index contributed by atoms with van der Waals surface area (Å²) in [5, 5.41) is 0. The third kappa shape index (κ3) is 3.95. The highest BCUT2D eigenvalue weighted by Gasteiger charge is 2.43. The summed E-state index contributed by atoms with van der Waals surface area (Å²) in [5.41, 5.74) is 4.30. The van der Waals surface area contributed by atoms with E-state index in [1.54, 1.807) is 0 Å². The molecule has 2 heterocycles. The molecule has 0 aliphatic carbocycles. The van der Waals surface area contributed by atoms with Crippen molar-refractivity contribution in [2.45, 2.75) is 33.0 Å². The van der Waals surface area contributed by atoms with Crippen molar-refractivity contribution in [3.63, 3.8) is 0 Å². The Balaban J connectivity index is 1.82. The quantitative estimate of drug-likeness (QED) is 0.711. The summed E-state index contributed by atoms with van der Waals surface area (Å²) in [5.74, 6) is -0.565. The van der Waals surface area contributed by atoms with Crippen molar-refractivity contribution in [3.05, 3.63) is 65.4 Å². The van der Waals surface area contributed by atoms with Crippen LogP contribution in [0.1, 0.15) is 25.0 Å². The number of anilines is 2. The van der Waals surface area contributed by atoms with Gasteiger partial charge in [0.15, 0.2) is 0 Å². The Bertz CT molecular complexity index is 1030. The van der Waals surface area contributed by atoms with E-state index in [2.05, 4.69) is 0 Å². The van der Waals surface area contributed by atoms with Gasteiger partial charge < -0.3 is 14.5 Å². The lowest BCUT2D eigenvalue weighted by Gasteiger charge is -2.37. The van der Waals surface area contributed by atoms with Gasteiger partial charge in [0.2, 0.25) is 0 Å². The third-order valence-corrected chi connectivity index (χ3v) is 5.74. The predicted octanol–water partition coefficient (Wildman–Crippen LogP) is 3.45. The fraction of sp³-hybridized carbons (Fsp3) is 0.360. The van der Waals surface area contributed by atoms with Gasteiger partial charge in [-0.1, -0.05) is 35.9 Å². The average molecular weight is 420 g/mol. The van der Waals surface area contributed by atoms with Crippen molar-refractivity contribution in [2.24, 2.45) is 0 Å². The zero-order chi connectivity index (χ0) is 22.3. The molecule has 2 amide bonds. The molecule has 0 N–H and O–H groups in total. The van der Waals surface area contributed by atoms with Crippen LogP contribution in [-0.4, -0.2) is 56.1 Å². The number of amides is 2. The van der Waals surface area contributed by atoms with Crippen LogP contribution in [-0.2, 0) is 14.3 Å². The Labute approximate surface area is 183 Å². The molecule has 2 aromatic carbocycles. The van der Waals surface area contributed by atoms with Gasteiger partial charge in [-0.25, -0.2) is 4.90 Å². The van der Waals surface area contributed by atoms with Gasteiger partial charge in [-0.15, -0.1) is 0 Å². The van der Waals surface area contributed by atoms with E-state index >= 15 is 0 Å². The summed E-state index contributed by atoms with van der Waals surface area (Å²) < 4.78 is 5.87. The maximum absolute atomic E-state index is 13.7. The Morgan fingerprint density at radius 2 is 1.58 bits per heavy atom. The van der Waals surface area contributed by atoms with Crippen molar-refractivity contribution in [3.8, 4) is 0 Å². The van der Waals surface area contributed by atoms with Crippen molar-refractivity contribution < 1.29 is 14.3 Å². The van der Waals surface area contributed by atoms with Gasteiger partial charge in [-0.3, -0.25) is 9.59 Å². The molecule has 2 unspecified atom stereocenters. The van der Waals surface area contributed by atoms with Gasteiger partial charge in [-0.05, 0) is 44.5 Å². The largest absolute Gasteiger partial charge is 0.378 e. The first-order valence-electron chi connectivity index (χ1n) is 10.6. The molecule has 2 atom stereocenters. The number of imide groups is 1. The molecule has 4 rings (SSSR count). The first-order chi connectivity index (χ1) is 14.8. The fourth-order valence-corrected chi connectivity index (χ4v) is 4.30. The monoisotopic (exact) mass is 419 g/mol. The maximum Gasteiger partial charge on any atom is 0.282 e. The summed E-state index contributed by atoms with van der Waals surface area (Å²) in [4.78, 5) is 32.7. The molecule has 0 radical (unpaired) electrons. The molecule has 6 heteroatoms. The number of morpholine rings is 1. The van der Waals surface area contributed by atoms with Gasteiger partial charge in [0.1, 0.15) is 5.70 Å². The van der Waals surface area contributed by atoms with E-state index < -0.39 is 0 Å². The van der Waals surface area contributed by atoms with Gasteiger partial charge in [-0.2, -0.15) is 0 Å². The molecule has 0 spiro atoms. The number of carbonyl (C=O) groups excluding carboxylic acids is 2. The first-order valence-corrected chi connectivity index (χ1v) is 10.6. The van der Waals surface area contributed by atoms with Crippen LogP contribution in [0, 0.1) is 6.92 Å². The molecule has 1 fully saturated rings. The zero-order valence-corrected chi connectivity index (χ0v) is 18.8. The van der Waals surface area contributed by atoms with Crippen molar-refractivity contribution in [1.82, 2.24) is 4.90 Å². The molecule has 0 aromatic heterocycles. The second kappa shape index (κ2) is 8.19. The van der Waals surface area contributed by atoms with Gasteiger partial charge in [0.25, 0.3) is 11.8 Å². The number of hydrogen-bond acceptors (Lipinski definition) is 5. The SMILES string of the molecule is Cc1ccc(C2=C(N3CC(C)OC(C)C3)C(=O)N(c3cccc(N(C)C)c3)C2=O)cc1. The molecular formula is C25H29N3O3. The molecule has 0 saturated carbocycles. The Morgan fingerprint density at radius 1 is 0.935 bits per heavy atom. The highest BCUT2D eigenvalue weighted by Crippen LogP contribution is 2.36. The topological polar surface area (TPSA) is 53.1 Å². The van der Waals surface area contributed by atoms with E-state index in [9.17, 15) is 9.59 Å². The molecule has 31 heavy (non-hydrogen) atoms. The van der Waals surface area contributed by atoms with Crippen LogP contribution >= 0.6 is 0 Å². The average Bonchev–Trinajstić information content (AvgIpc) is 2.98. The van der Waals surface area contributed by atoms with E-state index in [0.717, 1.165) is 16.8 Å². The Morgan fingerprint density at radius 3 is 2.19 bits per heavy atom. The van der Waals surface area contributed by atoms with Gasteiger partial charge >= 0.3 is 0 Å². The van der Waals surface area contributed by atoms with Crippen molar-refractivity contribution >= 4 is 28.8 Å². The minimum absolute atomic E-state index is 0.0236. The van der Waals surface area contributed by atoms with Crippen molar-refractivity contribution in [2.75, 3.05) is 37.0 Å². The summed E-state index contributed by atoms with van der Waals surface area (Å²) >= 11 is 0. The molecular weight excluding hydrogens is 390 g/mol. The van der Waals surface area contributed by atoms with Crippen LogP contribution in [0.5, 0.6) is 0 Å². The maximum atomic E-state index is 13.7. The number of benzene rings is 2. The molecule has 162 valence electrons. The summed E-state index contributed by atoms with van der Waals surface area (Å²) in [7, 11) is 3.87. The highest BCUT2D eigenvalue weighted by atomic mass is 16.5. The molecule has 2 aliphatic rings. The van der Waals surface area contributed by atoms with Crippen molar-refractivity contribution in [1.29, 1.82) is 0 Å². The van der Waals surface area contributed by atoms with Gasteiger partial charge in [0, 0.05) is 32.9 Å². The number of carbonyl (C=O) groups is 2. The molecule has 6 nitrogen and oxygen atoms in total. The van der Waals surface area contributed by atoms with Crippen LogP contribution in [0.2, 0.25) is 0 Å². The van der Waals surface area contributed by atoms with E-state index in [0.29, 0.717) is 30.0 Å². The highest BCUT2D eigenvalue weighted by molar-refractivity contribution is 6.45. The minimum atomic E-state index is -0.286. The molecule has 2 aromatic rings. The van der Waals surface area contributed by atoms with Crippen LogP contribution in [0.15, 0.2) is 54.2 Å². The van der Waals surface area contributed by atoms with Crippen LogP contribution in [0.4, 0.5) is 11.4 Å². The molecule has 2 aliphatic heterocycles. The van der Waals surface area contributed by atoms with E-state index in [-0.39, 0.29) is 24.0 Å². The lowest BCUT2D eigenvalue weighted by atomic mass is 10.0. The molecule has 0 bridgehead atoms. The zero-order valence-electron chi connectivity index (χ0n) is 18.8. The number of ether oxygens (including phenoxy) is 1. The second-order valence-corrected chi connectivity index (χ2v) is 8.61. The van der Waals surface area contributed by atoms with Crippen LogP contribution in [0.25, 0.3) is 5.57 Å². The number of nitrogens with zero attached hydrogens (tertiary/aromatic N) is 3. The Hall–Kier alpha value is -3.12. The first kappa shape index (κ1) is 21.1. The Kier molecular flexibility index (Phi) is 5.58. The smallest absolute Gasteiger partial charge is 0.282 e. The lowest BCUT2D eigenvalue weighted by molar-refractivity contribution is -0.121. The predicted molar refractivity (Wildman–Crippen MR) is 123 cm³/mol. The summed E-state index contributed by atoms with van der Waals surface area (Å²) in [6.45, 7) is 7.13. The fourth-order valence-electron chi connectivity index (χ4n) is 4.30. The molecule has 1 saturated heterocycles. The van der Waals surface area contributed by atoms with E-state index in [1.807, 2.05) is 93.2 Å². The van der Waals surface area contributed by atoms with Crippen LogP contribution < -0.4 is 9.80 Å². The normalized spacial score (nSPS) is 21.8. The summed E-state index contributed by atoms with van der Waals surface area (Å²) in [6.07, 6.45) is -0.0472. The standard InChI is InChI=1S/C25H29N3O3/c1-16-9-11-19(12-10-16)22-23(27-14-17(2)31-18(3)15-27)25(30)28(24(22)29)21-8-6-7-20(13-21)26(4)5/h6-13,17-18H,14-15H2,1-5H3. The van der Waals surface area contributed by atoms with Crippen LogP contribution in [0.3, 0.4) is 0 Å². The number of hydrogen-bond donors (Lipinski definition) is 0. The lowest BCUT2D eigenvalue weighted by Crippen LogP contribution is -2.47. The minimum Gasteiger partial charge on any atom is -0.378 e. The number of aryl methyl sites for hydroxylation is 1. The third-order valence-electron chi connectivity index (χ3n) is 5.74. The summed E-state index contributed by atoms with van der Waals surface area (Å²) in [6, 6.07) is 15.3. The second-order valence-electron chi connectivity index (χ2n) is 8.61.